The third-order valence-corrected chi connectivity index (χ3v) is 2.06. The summed E-state index contributed by atoms with van der Waals surface area (Å²) in [7, 11) is 0. The van der Waals surface area contributed by atoms with Crippen LogP contribution in [-0.2, 0) is 0 Å². The van der Waals surface area contributed by atoms with Gasteiger partial charge in [-0.2, -0.15) is 0 Å². The third-order valence-electron chi connectivity index (χ3n) is 2.06. The second-order valence-electron chi connectivity index (χ2n) is 3.28. The van der Waals surface area contributed by atoms with Gasteiger partial charge in [0.2, 0.25) is 0 Å². The minimum absolute atomic E-state index is 0.561. The predicted octanol–water partition coefficient (Wildman–Crippen LogP) is 2.49. The summed E-state index contributed by atoms with van der Waals surface area (Å²) < 4.78 is 0. The fraction of sp³-hybridized carbons (Fsp3) is 0.300. The minimum Gasteiger partial charge on any atom is -0.335 e. The summed E-state index contributed by atoms with van der Waals surface area (Å²) in [6.07, 6.45) is 2.73. The lowest BCUT2D eigenvalue weighted by molar-refractivity contribution is 0.868. The standard InChI is InChI=1S/C10H11N2/c1-7(2)8-3-4-9-10(5-8)12-6-11-9/h3-5,7H,1-2H3,(H,11,12). The number of hydrogen-bond donors (Lipinski definition) is 1. The van der Waals surface area contributed by atoms with E-state index in [0.29, 0.717) is 5.92 Å². The number of benzene rings is 1. The van der Waals surface area contributed by atoms with Crippen LogP contribution in [0.15, 0.2) is 18.2 Å². The van der Waals surface area contributed by atoms with Crippen LogP contribution >= 0.6 is 0 Å². The molecule has 61 valence electrons. The first-order valence-corrected chi connectivity index (χ1v) is 4.13. The van der Waals surface area contributed by atoms with Gasteiger partial charge in [0, 0.05) is 0 Å². The average molecular weight is 159 g/mol. The Kier molecular flexibility index (Phi) is 1.61. The average Bonchev–Trinajstić information content (AvgIpc) is 2.49. The number of fused-ring (bicyclic) bond motifs is 1. The Labute approximate surface area is 71.6 Å². The molecule has 2 aromatic rings. The second kappa shape index (κ2) is 2.63. The van der Waals surface area contributed by atoms with Crippen LogP contribution in [0.25, 0.3) is 11.0 Å². The first-order chi connectivity index (χ1) is 5.77. The molecule has 1 N–H and O–H groups in total. The Morgan fingerprint density at radius 3 is 3.00 bits per heavy atom. The van der Waals surface area contributed by atoms with E-state index in [1.807, 2.05) is 6.07 Å². The third kappa shape index (κ3) is 1.09. The smallest absolute Gasteiger partial charge is 0.174 e. The number of nitrogens with one attached hydrogen (secondary N) is 1. The molecule has 0 saturated heterocycles. The van der Waals surface area contributed by atoms with Crippen molar-refractivity contribution in [3.8, 4) is 0 Å². The van der Waals surface area contributed by atoms with Crippen molar-refractivity contribution in [1.82, 2.24) is 9.97 Å². The van der Waals surface area contributed by atoms with Gasteiger partial charge >= 0.3 is 0 Å². The summed E-state index contributed by atoms with van der Waals surface area (Å²) in [5.74, 6) is 0.561. The molecule has 0 amide bonds. The van der Waals surface area contributed by atoms with Crippen LogP contribution in [0.2, 0.25) is 0 Å². The predicted molar refractivity (Wildman–Crippen MR) is 49.0 cm³/mol. The van der Waals surface area contributed by atoms with Gasteiger partial charge < -0.3 is 4.98 Å². The van der Waals surface area contributed by atoms with E-state index >= 15 is 0 Å². The Morgan fingerprint density at radius 2 is 2.25 bits per heavy atom. The van der Waals surface area contributed by atoms with Crippen LogP contribution in [0.5, 0.6) is 0 Å². The van der Waals surface area contributed by atoms with Crippen LogP contribution in [0.4, 0.5) is 0 Å². The largest absolute Gasteiger partial charge is 0.335 e. The lowest BCUT2D eigenvalue weighted by Gasteiger charge is -2.03. The molecule has 0 bridgehead atoms. The number of hydrogen-bond acceptors (Lipinski definition) is 1. The molecule has 0 unspecified atom stereocenters. The van der Waals surface area contributed by atoms with E-state index in [2.05, 4.69) is 42.3 Å². The van der Waals surface area contributed by atoms with E-state index < -0.39 is 0 Å². The molecule has 0 aliphatic rings. The topological polar surface area (TPSA) is 28.7 Å². The van der Waals surface area contributed by atoms with E-state index in [1.54, 1.807) is 0 Å². The van der Waals surface area contributed by atoms with Crippen molar-refractivity contribution in [2.24, 2.45) is 0 Å². The van der Waals surface area contributed by atoms with Crippen molar-refractivity contribution in [2.75, 3.05) is 0 Å². The number of imidazole rings is 1. The maximum Gasteiger partial charge on any atom is 0.174 e. The summed E-state index contributed by atoms with van der Waals surface area (Å²) in [4.78, 5) is 7.03. The molecule has 0 fully saturated rings. The Balaban J connectivity index is 2.60. The Bertz CT molecular complexity index is 387. The van der Waals surface area contributed by atoms with Crippen molar-refractivity contribution >= 4 is 11.0 Å². The van der Waals surface area contributed by atoms with Gasteiger partial charge in [0.25, 0.3) is 0 Å². The van der Waals surface area contributed by atoms with Crippen LogP contribution in [0, 0.1) is 6.33 Å². The first-order valence-electron chi connectivity index (χ1n) is 4.13. The van der Waals surface area contributed by atoms with Gasteiger partial charge in [-0.1, -0.05) is 19.9 Å². The normalized spacial score (nSPS) is 11.2. The van der Waals surface area contributed by atoms with Crippen molar-refractivity contribution in [2.45, 2.75) is 19.8 Å². The molecule has 1 radical (unpaired) electrons. The van der Waals surface area contributed by atoms with Gasteiger partial charge in [-0.3, -0.25) is 0 Å². The first kappa shape index (κ1) is 7.35. The van der Waals surface area contributed by atoms with Crippen molar-refractivity contribution < 1.29 is 0 Å². The molecule has 0 aliphatic heterocycles. The highest BCUT2D eigenvalue weighted by atomic mass is 14.9. The van der Waals surface area contributed by atoms with Crippen LogP contribution in [0.3, 0.4) is 0 Å². The van der Waals surface area contributed by atoms with Gasteiger partial charge in [0.05, 0.1) is 11.0 Å². The molecule has 0 aliphatic carbocycles. The summed E-state index contributed by atoms with van der Waals surface area (Å²) in [6, 6.07) is 6.28. The second-order valence-corrected chi connectivity index (χ2v) is 3.28. The van der Waals surface area contributed by atoms with Gasteiger partial charge in [-0.25, -0.2) is 4.98 Å². The molecule has 1 aromatic heterocycles. The molecule has 2 heteroatoms. The molecule has 2 rings (SSSR count). The van der Waals surface area contributed by atoms with Gasteiger partial charge in [-0.05, 0) is 23.6 Å². The molecule has 0 saturated carbocycles. The van der Waals surface area contributed by atoms with Crippen molar-refractivity contribution in [3.63, 3.8) is 0 Å². The lowest BCUT2D eigenvalue weighted by Crippen LogP contribution is -1.85. The lowest BCUT2D eigenvalue weighted by atomic mass is 10.0. The van der Waals surface area contributed by atoms with E-state index in [1.165, 1.54) is 5.56 Å². The molecular weight excluding hydrogens is 148 g/mol. The molecule has 2 nitrogen and oxygen atoms in total. The van der Waals surface area contributed by atoms with E-state index in [0.717, 1.165) is 11.0 Å². The Hall–Kier alpha value is -1.31. The number of H-pyrrole nitrogens is 1. The zero-order valence-corrected chi connectivity index (χ0v) is 7.26. The Morgan fingerprint density at radius 1 is 1.42 bits per heavy atom. The van der Waals surface area contributed by atoms with Crippen LogP contribution < -0.4 is 0 Å². The highest BCUT2D eigenvalue weighted by Gasteiger charge is 2.01. The summed E-state index contributed by atoms with van der Waals surface area (Å²) in [5, 5.41) is 0. The zero-order chi connectivity index (χ0) is 8.55. The van der Waals surface area contributed by atoms with Crippen LogP contribution in [0.1, 0.15) is 25.3 Å². The number of nitrogens with zero attached hydrogens (tertiary/aromatic N) is 1. The SMILES string of the molecule is CC(C)c1ccc2[nH][c]nc2c1. The minimum atomic E-state index is 0.561. The quantitative estimate of drug-likeness (QED) is 0.680. The van der Waals surface area contributed by atoms with Crippen molar-refractivity contribution in [1.29, 1.82) is 0 Å². The van der Waals surface area contributed by atoms with Gasteiger partial charge in [0.1, 0.15) is 0 Å². The molecule has 0 spiro atoms. The zero-order valence-electron chi connectivity index (χ0n) is 7.26. The van der Waals surface area contributed by atoms with E-state index in [-0.39, 0.29) is 0 Å². The van der Waals surface area contributed by atoms with E-state index in [4.69, 9.17) is 0 Å². The summed E-state index contributed by atoms with van der Waals surface area (Å²) in [6.45, 7) is 4.36. The number of aromatic amines is 1. The maximum absolute atomic E-state index is 4.08. The number of rotatable bonds is 1. The van der Waals surface area contributed by atoms with E-state index in [9.17, 15) is 0 Å². The molecule has 0 atom stereocenters. The fourth-order valence-electron chi connectivity index (χ4n) is 1.25. The highest BCUT2D eigenvalue weighted by Crippen LogP contribution is 2.18. The maximum atomic E-state index is 4.08. The summed E-state index contributed by atoms with van der Waals surface area (Å²) >= 11 is 0. The van der Waals surface area contributed by atoms with Gasteiger partial charge in [0.15, 0.2) is 6.33 Å². The van der Waals surface area contributed by atoms with Crippen LogP contribution in [-0.4, -0.2) is 9.97 Å². The van der Waals surface area contributed by atoms with Crippen molar-refractivity contribution in [3.05, 3.63) is 30.1 Å². The molecule has 1 aromatic carbocycles. The molecule has 12 heavy (non-hydrogen) atoms. The summed E-state index contributed by atoms with van der Waals surface area (Å²) in [5.41, 5.74) is 3.38. The number of aromatic nitrogens is 2. The van der Waals surface area contributed by atoms with Gasteiger partial charge in [-0.15, -0.1) is 0 Å². The highest BCUT2D eigenvalue weighted by molar-refractivity contribution is 5.75. The monoisotopic (exact) mass is 159 g/mol. The molecular formula is C10H11N2. The molecule has 1 heterocycles. The fourth-order valence-corrected chi connectivity index (χ4v) is 1.25.